The fourth-order valence-electron chi connectivity index (χ4n) is 0.499. The molecule has 0 amide bonds. The van der Waals surface area contributed by atoms with Crippen molar-refractivity contribution in [1.82, 2.24) is 0 Å². The summed E-state index contributed by atoms with van der Waals surface area (Å²) in [7, 11) is -12.4. The standard InChI is InChI=1S/C8H14.3F3P.Ru/c1-3-5-7-8-6-4-2;3*1-4(2)3;/h3,6,8H,1,4-5,7H2,2H3;;;;. The van der Waals surface area contributed by atoms with Gasteiger partial charge >= 0.3 is 26.6 Å². The summed E-state index contributed by atoms with van der Waals surface area (Å²) in [6.45, 7) is 5.77. The molecule has 0 unspecified atom stereocenters. The number of hydrogen-bond donors (Lipinski definition) is 0. The predicted molar refractivity (Wildman–Crippen MR) is 69.6 cm³/mol. The zero-order valence-corrected chi connectivity index (χ0v) is 15.1. The average molecular weight is 475 g/mol. The Balaban J connectivity index is -0.0000000570. The summed E-state index contributed by atoms with van der Waals surface area (Å²) in [6, 6.07) is 0. The van der Waals surface area contributed by atoms with E-state index in [1.165, 1.54) is 0 Å². The molecule has 0 aromatic rings. The maximum atomic E-state index is 9.73. The van der Waals surface area contributed by atoms with Gasteiger partial charge in [0.1, 0.15) is 0 Å². The molecule has 13 heteroatoms. The Bertz CT molecular complexity index is 173. The molecule has 0 aliphatic carbocycles. The first-order valence-corrected chi connectivity index (χ1v) is 7.74. The van der Waals surface area contributed by atoms with Gasteiger partial charge in [-0.25, -0.2) is 0 Å². The fraction of sp³-hybridized carbons (Fsp3) is 0.500. The monoisotopic (exact) mass is 476 g/mol. The van der Waals surface area contributed by atoms with Crippen LogP contribution in [0.2, 0.25) is 0 Å². The fourth-order valence-corrected chi connectivity index (χ4v) is 0.499. The van der Waals surface area contributed by atoms with Crippen molar-refractivity contribution >= 4 is 26.6 Å². The normalized spacial score (nSPS) is 9.00. The Hall–Kier alpha value is 0.763. The third-order valence-corrected chi connectivity index (χ3v) is 0.940. The van der Waals surface area contributed by atoms with Crippen molar-refractivity contribution in [2.24, 2.45) is 0 Å². The topological polar surface area (TPSA) is 0 Å². The van der Waals surface area contributed by atoms with Crippen molar-refractivity contribution < 1.29 is 57.3 Å². The van der Waals surface area contributed by atoms with Gasteiger partial charge in [-0.05, 0) is 19.3 Å². The summed E-state index contributed by atoms with van der Waals surface area (Å²) in [4.78, 5) is 0. The van der Waals surface area contributed by atoms with Crippen LogP contribution in [-0.2, 0) is 19.5 Å². The molecule has 0 fully saturated rings. The van der Waals surface area contributed by atoms with E-state index in [4.69, 9.17) is 0 Å². The van der Waals surface area contributed by atoms with E-state index in [-0.39, 0.29) is 19.5 Å². The smallest absolute Gasteiger partial charge is 0.152 e. The number of unbranched alkanes of at least 4 members (excludes halogenated alkanes) is 1. The first kappa shape index (κ1) is 33.4. The zero-order chi connectivity index (χ0) is 17.0. The van der Waals surface area contributed by atoms with Gasteiger partial charge in [0, 0.05) is 19.5 Å². The van der Waals surface area contributed by atoms with Gasteiger partial charge in [0.2, 0.25) is 0 Å². The van der Waals surface area contributed by atoms with Crippen LogP contribution in [0, 0.1) is 0 Å². The molecule has 132 valence electrons. The predicted octanol–water partition coefficient (Wildman–Crippen LogP) is 9.28. The van der Waals surface area contributed by atoms with Crippen LogP contribution in [0.3, 0.4) is 0 Å². The van der Waals surface area contributed by atoms with Gasteiger partial charge in [-0.15, -0.1) is 6.58 Å². The molecule has 0 rings (SSSR count). The third-order valence-electron chi connectivity index (χ3n) is 0.940. The molecule has 0 aromatic heterocycles. The molecule has 0 N–H and O–H groups in total. The number of hydrogen-bond acceptors (Lipinski definition) is 0. The molecule has 0 radical (unpaired) electrons. The van der Waals surface area contributed by atoms with Crippen molar-refractivity contribution in [1.29, 1.82) is 0 Å². The number of rotatable bonds is 4. The van der Waals surface area contributed by atoms with Crippen LogP contribution in [0.1, 0.15) is 26.2 Å². The molecule has 21 heavy (non-hydrogen) atoms. The van der Waals surface area contributed by atoms with Crippen molar-refractivity contribution in [2.45, 2.75) is 26.2 Å². The SMILES string of the molecule is C=CCCC=CCC.FP(F)F.FP(F)F.FP(F)F.[Ru]. The molecule has 0 nitrogen and oxygen atoms in total. The van der Waals surface area contributed by atoms with Crippen molar-refractivity contribution in [3.63, 3.8) is 0 Å². The van der Waals surface area contributed by atoms with E-state index < -0.39 is 26.6 Å². The van der Waals surface area contributed by atoms with Crippen LogP contribution in [0.4, 0.5) is 37.8 Å². The second-order valence-corrected chi connectivity index (χ2v) is 3.47. The Kier molecular flexibility index (Phi) is 51.9. The molecular weight excluding hydrogens is 461 g/mol. The van der Waals surface area contributed by atoms with Crippen molar-refractivity contribution in [3.05, 3.63) is 24.8 Å². The van der Waals surface area contributed by atoms with E-state index in [0.717, 1.165) is 19.3 Å². The molecule has 0 aliphatic rings. The van der Waals surface area contributed by atoms with Gasteiger partial charge < -0.3 is 0 Å². The molecule has 0 saturated heterocycles. The van der Waals surface area contributed by atoms with E-state index >= 15 is 0 Å². The van der Waals surface area contributed by atoms with Gasteiger partial charge in [0.15, 0.2) is 0 Å². The van der Waals surface area contributed by atoms with E-state index in [0.29, 0.717) is 0 Å². The van der Waals surface area contributed by atoms with E-state index in [1.807, 2.05) is 6.08 Å². The average Bonchev–Trinajstić information content (AvgIpc) is 2.22. The van der Waals surface area contributed by atoms with Gasteiger partial charge in [-0.1, -0.05) is 25.2 Å². The molecular formula is C8H14F9P3Ru. The van der Waals surface area contributed by atoms with Crippen LogP contribution in [-0.4, -0.2) is 0 Å². The minimum atomic E-state index is -4.12. The maximum absolute atomic E-state index is 9.73. The van der Waals surface area contributed by atoms with Gasteiger partial charge in [-0.3, -0.25) is 0 Å². The van der Waals surface area contributed by atoms with Crippen LogP contribution in [0.5, 0.6) is 0 Å². The summed E-state index contributed by atoms with van der Waals surface area (Å²) in [5.74, 6) is 0. The second-order valence-electron chi connectivity index (χ2n) is 2.32. The third kappa shape index (κ3) is 220. The summed E-state index contributed by atoms with van der Waals surface area (Å²) in [6.07, 6.45) is 9.73. The zero-order valence-electron chi connectivity index (χ0n) is 10.7. The molecule has 0 bridgehead atoms. The van der Waals surface area contributed by atoms with Gasteiger partial charge in [0.05, 0.1) is 0 Å². The minimum absolute atomic E-state index is 0. The van der Waals surface area contributed by atoms with E-state index in [9.17, 15) is 37.8 Å². The minimum Gasteiger partial charge on any atom is -0.152 e. The number of halogens is 9. The summed E-state index contributed by atoms with van der Waals surface area (Å²) in [5, 5.41) is 0. The van der Waals surface area contributed by atoms with Crippen LogP contribution in [0.15, 0.2) is 24.8 Å². The summed E-state index contributed by atoms with van der Waals surface area (Å²) in [5.41, 5.74) is 0. The first-order valence-electron chi connectivity index (χ1n) is 4.69. The van der Waals surface area contributed by atoms with Crippen LogP contribution in [0.25, 0.3) is 0 Å². The van der Waals surface area contributed by atoms with Crippen LogP contribution < -0.4 is 0 Å². The molecule has 0 spiro atoms. The molecule has 0 aliphatic heterocycles. The molecule has 0 heterocycles. The Morgan fingerprint density at radius 3 is 1.19 bits per heavy atom. The quantitative estimate of drug-likeness (QED) is 0.125. The Morgan fingerprint density at radius 2 is 1.00 bits per heavy atom. The summed E-state index contributed by atoms with van der Waals surface area (Å²) < 4.78 is 87.6. The largest absolute Gasteiger partial charge is 0.456 e. The number of allylic oxidation sites excluding steroid dienone is 3. The Morgan fingerprint density at radius 1 is 0.714 bits per heavy atom. The second kappa shape index (κ2) is 32.6. The summed E-state index contributed by atoms with van der Waals surface area (Å²) >= 11 is 0. The van der Waals surface area contributed by atoms with Crippen LogP contribution >= 0.6 is 26.6 Å². The van der Waals surface area contributed by atoms with Gasteiger partial charge in [-0.2, -0.15) is 37.8 Å². The van der Waals surface area contributed by atoms with Crippen molar-refractivity contribution in [2.75, 3.05) is 0 Å². The van der Waals surface area contributed by atoms with E-state index in [2.05, 4.69) is 25.7 Å². The molecule has 0 saturated carbocycles. The Labute approximate surface area is 135 Å². The van der Waals surface area contributed by atoms with Crippen molar-refractivity contribution in [3.8, 4) is 0 Å². The maximum Gasteiger partial charge on any atom is 0.456 e. The molecule has 0 atom stereocenters. The van der Waals surface area contributed by atoms with Gasteiger partial charge in [0.25, 0.3) is 0 Å². The van der Waals surface area contributed by atoms with E-state index in [1.54, 1.807) is 0 Å². The first-order chi connectivity index (χ1) is 9.11. The molecule has 0 aromatic carbocycles.